The Hall–Kier alpha value is -1.56. The number of H-pyrrole nitrogens is 1. The zero-order chi connectivity index (χ0) is 21.8. The van der Waals surface area contributed by atoms with Crippen LogP contribution in [-0.4, -0.2) is 47.5 Å². The molecule has 1 aliphatic heterocycles. The second-order valence-electron chi connectivity index (χ2n) is 7.61. The minimum Gasteiger partial charge on any atom is -0.363 e. The molecule has 0 spiro atoms. The fourth-order valence-electron chi connectivity index (χ4n) is 3.83. The zero-order valence-corrected chi connectivity index (χ0v) is 20.7. The van der Waals surface area contributed by atoms with Gasteiger partial charge in [0.1, 0.15) is 0 Å². The highest BCUT2D eigenvalue weighted by molar-refractivity contribution is 9.11. The van der Waals surface area contributed by atoms with Crippen LogP contribution in [0.25, 0.3) is 0 Å². The predicted molar refractivity (Wildman–Crippen MR) is 134 cm³/mol. The van der Waals surface area contributed by atoms with Gasteiger partial charge in [-0.15, -0.1) is 0 Å². The van der Waals surface area contributed by atoms with Crippen molar-refractivity contribution in [1.82, 2.24) is 20.1 Å². The monoisotopic (exact) mass is 474 g/mol. The standard InChI is InChI=1S/C15H22N2.C10H17BrN2/c1-3-17(4-2)15(14-11-8-12-16-14)13-9-6-5-7-10-13;1-3-12-6-7-13-8-10(11)5-4-9(13)2/h6,8-12,15-16H,3-5,7H2,1-2H3;4,8,12H,3,5-7H2,1-2H3. The van der Waals surface area contributed by atoms with E-state index in [0.717, 1.165) is 39.1 Å². The first-order chi connectivity index (χ1) is 14.6. The molecule has 0 saturated carbocycles. The number of rotatable bonds is 9. The topological polar surface area (TPSA) is 34.3 Å². The number of allylic oxidation sites excluding steroid dienone is 5. The average Bonchev–Trinajstić information content (AvgIpc) is 3.30. The van der Waals surface area contributed by atoms with E-state index < -0.39 is 0 Å². The van der Waals surface area contributed by atoms with Crippen LogP contribution >= 0.6 is 15.9 Å². The number of hydrogen-bond donors (Lipinski definition) is 2. The number of nitrogens with one attached hydrogen (secondary N) is 2. The third-order valence-corrected chi connectivity index (χ3v) is 6.08. The van der Waals surface area contributed by atoms with Gasteiger partial charge in [-0.1, -0.05) is 61.0 Å². The van der Waals surface area contributed by atoms with Gasteiger partial charge in [-0.3, -0.25) is 4.90 Å². The van der Waals surface area contributed by atoms with Crippen LogP contribution in [-0.2, 0) is 0 Å². The smallest absolute Gasteiger partial charge is 0.0750 e. The number of aromatic amines is 1. The molecule has 2 heterocycles. The van der Waals surface area contributed by atoms with E-state index in [1.165, 1.54) is 34.3 Å². The first-order valence-corrected chi connectivity index (χ1v) is 12.1. The molecular weight excluding hydrogens is 436 g/mol. The number of likely N-dealkylation sites (N-methyl/N-ethyl adjacent to an activating group) is 2. The molecule has 2 aliphatic rings. The summed E-state index contributed by atoms with van der Waals surface area (Å²) in [6.45, 7) is 14.0. The SMILES string of the molecule is CCN(CC)C(C1=CCCC=C1)c1ccc[nH]1.CCNCCN1C=C(Br)CC=C1C. The number of halogens is 1. The van der Waals surface area contributed by atoms with Gasteiger partial charge in [0.05, 0.1) is 6.04 Å². The average molecular weight is 476 g/mol. The number of hydrogen-bond acceptors (Lipinski definition) is 3. The maximum absolute atomic E-state index is 3.52. The Kier molecular flexibility index (Phi) is 11.3. The van der Waals surface area contributed by atoms with Crippen molar-refractivity contribution in [2.75, 3.05) is 32.7 Å². The van der Waals surface area contributed by atoms with E-state index in [9.17, 15) is 0 Å². The Morgan fingerprint density at radius 2 is 2.00 bits per heavy atom. The van der Waals surface area contributed by atoms with Gasteiger partial charge >= 0.3 is 0 Å². The molecule has 0 amide bonds. The molecule has 2 N–H and O–H groups in total. The Labute approximate surface area is 191 Å². The fraction of sp³-hybridized carbons (Fsp3) is 0.520. The minimum absolute atomic E-state index is 0.386. The molecule has 0 bridgehead atoms. The predicted octanol–water partition coefficient (Wildman–Crippen LogP) is 6.12. The van der Waals surface area contributed by atoms with Crippen LogP contribution in [0.3, 0.4) is 0 Å². The van der Waals surface area contributed by atoms with Gasteiger partial charge in [0, 0.05) is 47.8 Å². The van der Waals surface area contributed by atoms with Crippen LogP contribution < -0.4 is 5.32 Å². The fourth-order valence-corrected chi connectivity index (χ4v) is 4.24. The highest BCUT2D eigenvalue weighted by atomic mass is 79.9. The van der Waals surface area contributed by atoms with Crippen molar-refractivity contribution in [3.05, 3.63) is 70.3 Å². The second kappa shape index (κ2) is 13.7. The summed E-state index contributed by atoms with van der Waals surface area (Å²) in [4.78, 5) is 8.13. The van der Waals surface area contributed by atoms with E-state index in [2.05, 4.69) is 106 Å². The highest BCUT2D eigenvalue weighted by Crippen LogP contribution is 2.30. The molecule has 30 heavy (non-hydrogen) atoms. The summed E-state index contributed by atoms with van der Waals surface area (Å²) >= 11 is 3.52. The summed E-state index contributed by atoms with van der Waals surface area (Å²) in [5, 5.41) is 3.32. The Bertz CT molecular complexity index is 726. The lowest BCUT2D eigenvalue weighted by atomic mass is 9.96. The molecule has 1 atom stereocenters. The summed E-state index contributed by atoms with van der Waals surface area (Å²) in [7, 11) is 0. The van der Waals surface area contributed by atoms with Crippen molar-refractivity contribution in [3.63, 3.8) is 0 Å². The zero-order valence-electron chi connectivity index (χ0n) is 19.1. The Balaban J connectivity index is 0.000000222. The van der Waals surface area contributed by atoms with E-state index >= 15 is 0 Å². The molecule has 5 heteroatoms. The van der Waals surface area contributed by atoms with Crippen molar-refractivity contribution in [3.8, 4) is 0 Å². The Morgan fingerprint density at radius 3 is 2.60 bits per heavy atom. The molecule has 4 nitrogen and oxygen atoms in total. The van der Waals surface area contributed by atoms with Crippen molar-refractivity contribution >= 4 is 15.9 Å². The number of aromatic nitrogens is 1. The summed E-state index contributed by atoms with van der Waals surface area (Å²) < 4.78 is 1.26. The lowest BCUT2D eigenvalue weighted by molar-refractivity contribution is 0.246. The van der Waals surface area contributed by atoms with Gasteiger partial charge in [-0.2, -0.15) is 0 Å². The molecule has 0 radical (unpaired) electrons. The van der Waals surface area contributed by atoms with Crippen LogP contribution in [0.5, 0.6) is 0 Å². The second-order valence-corrected chi connectivity index (χ2v) is 8.62. The summed E-state index contributed by atoms with van der Waals surface area (Å²) in [5.74, 6) is 0. The summed E-state index contributed by atoms with van der Waals surface area (Å²) in [6, 6.07) is 4.65. The molecule has 3 rings (SSSR count). The normalized spacial score (nSPS) is 17.1. The van der Waals surface area contributed by atoms with Crippen LogP contribution in [0, 0.1) is 0 Å². The van der Waals surface area contributed by atoms with Crippen LogP contribution in [0.4, 0.5) is 0 Å². The van der Waals surface area contributed by atoms with Gasteiger partial charge in [0.25, 0.3) is 0 Å². The van der Waals surface area contributed by atoms with Crippen molar-refractivity contribution in [1.29, 1.82) is 0 Å². The maximum Gasteiger partial charge on any atom is 0.0750 e. The maximum atomic E-state index is 3.52. The molecule has 1 aliphatic carbocycles. The molecule has 1 unspecified atom stereocenters. The summed E-state index contributed by atoms with van der Waals surface area (Å²) in [6.07, 6.45) is 16.8. The van der Waals surface area contributed by atoms with E-state index in [1.807, 2.05) is 6.20 Å². The number of nitrogens with zero attached hydrogens (tertiary/aromatic N) is 2. The highest BCUT2D eigenvalue weighted by Gasteiger charge is 2.22. The first kappa shape index (κ1) is 24.7. The van der Waals surface area contributed by atoms with Gasteiger partial charge in [-0.25, -0.2) is 0 Å². The minimum atomic E-state index is 0.386. The third-order valence-electron chi connectivity index (χ3n) is 5.55. The lowest BCUT2D eigenvalue weighted by Gasteiger charge is -2.31. The van der Waals surface area contributed by atoms with E-state index in [4.69, 9.17) is 0 Å². The Morgan fingerprint density at radius 1 is 1.20 bits per heavy atom. The molecule has 0 aromatic carbocycles. The molecule has 1 aromatic heterocycles. The molecule has 166 valence electrons. The quantitative estimate of drug-likeness (QED) is 0.423. The van der Waals surface area contributed by atoms with E-state index in [1.54, 1.807) is 0 Å². The first-order valence-electron chi connectivity index (χ1n) is 11.3. The van der Waals surface area contributed by atoms with Gasteiger partial charge in [0.15, 0.2) is 0 Å². The third kappa shape index (κ3) is 7.60. The van der Waals surface area contributed by atoms with Crippen molar-refractivity contribution < 1.29 is 0 Å². The molecule has 0 saturated heterocycles. The van der Waals surface area contributed by atoms with Gasteiger partial charge < -0.3 is 15.2 Å². The molecule has 0 fully saturated rings. The van der Waals surface area contributed by atoms with Crippen molar-refractivity contribution in [2.24, 2.45) is 0 Å². The largest absolute Gasteiger partial charge is 0.363 e. The van der Waals surface area contributed by atoms with E-state index in [-0.39, 0.29) is 0 Å². The molecular formula is C25H39BrN4. The van der Waals surface area contributed by atoms with Crippen LogP contribution in [0.1, 0.15) is 58.7 Å². The van der Waals surface area contributed by atoms with Gasteiger partial charge in [-0.05, 0) is 57.1 Å². The summed E-state index contributed by atoms with van der Waals surface area (Å²) in [5.41, 5.74) is 4.08. The van der Waals surface area contributed by atoms with E-state index in [0.29, 0.717) is 6.04 Å². The van der Waals surface area contributed by atoms with Crippen LogP contribution in [0.2, 0.25) is 0 Å². The lowest BCUT2D eigenvalue weighted by Crippen LogP contribution is -2.30. The molecule has 1 aromatic rings. The van der Waals surface area contributed by atoms with Crippen LogP contribution in [0.15, 0.2) is 64.6 Å². The van der Waals surface area contributed by atoms with Gasteiger partial charge in [0.2, 0.25) is 0 Å². The van der Waals surface area contributed by atoms with Crippen molar-refractivity contribution in [2.45, 2.75) is 53.0 Å².